The van der Waals surface area contributed by atoms with E-state index in [0.29, 0.717) is 41.2 Å². The molecule has 0 aliphatic carbocycles. The van der Waals surface area contributed by atoms with Crippen LogP contribution in [0.2, 0.25) is 0 Å². The van der Waals surface area contributed by atoms with Crippen molar-refractivity contribution in [1.82, 2.24) is 0 Å². The van der Waals surface area contributed by atoms with Gasteiger partial charge in [-0.1, -0.05) is 13.0 Å². The number of esters is 2. The third-order valence-corrected chi connectivity index (χ3v) is 4.13. The Morgan fingerprint density at radius 3 is 2.48 bits per heavy atom. The normalized spacial score (nSPS) is 14.4. The van der Waals surface area contributed by atoms with Gasteiger partial charge in [-0.15, -0.1) is 0 Å². The fourth-order valence-electron chi connectivity index (χ4n) is 2.66. The Morgan fingerprint density at radius 2 is 1.83 bits per heavy atom. The topological polar surface area (TPSA) is 83.4 Å². The summed E-state index contributed by atoms with van der Waals surface area (Å²) in [6.45, 7) is 1.90. The maximum Gasteiger partial charge on any atom is 0.363 e. The predicted octanol–water partition coefficient (Wildman–Crippen LogP) is 3.75. The van der Waals surface area contributed by atoms with Crippen LogP contribution < -0.4 is 14.2 Å². The lowest BCUT2D eigenvalue weighted by Gasteiger charge is -2.09. The monoisotopic (exact) mass is 395 g/mol. The Morgan fingerprint density at radius 1 is 1.07 bits per heavy atom. The molecule has 0 radical (unpaired) electrons. The second-order valence-electron chi connectivity index (χ2n) is 6.20. The zero-order chi connectivity index (χ0) is 20.8. The van der Waals surface area contributed by atoms with Crippen LogP contribution in [-0.2, 0) is 14.3 Å². The van der Waals surface area contributed by atoms with Gasteiger partial charge in [-0.3, -0.25) is 4.79 Å². The molecular weight excluding hydrogens is 374 g/mol. The first kappa shape index (κ1) is 20.1. The molecule has 0 aromatic heterocycles. The van der Waals surface area contributed by atoms with E-state index >= 15 is 0 Å². The molecule has 0 saturated carbocycles. The molecular formula is C22H21NO6. The summed E-state index contributed by atoms with van der Waals surface area (Å²) >= 11 is 0. The average molecular weight is 395 g/mol. The van der Waals surface area contributed by atoms with Crippen LogP contribution in [0.15, 0.2) is 53.2 Å². The highest BCUT2D eigenvalue weighted by molar-refractivity contribution is 6.12. The van der Waals surface area contributed by atoms with E-state index in [4.69, 9.17) is 18.9 Å². The Labute approximate surface area is 168 Å². The van der Waals surface area contributed by atoms with Gasteiger partial charge in [0.15, 0.2) is 17.2 Å². The first-order chi connectivity index (χ1) is 14.0. The van der Waals surface area contributed by atoms with Gasteiger partial charge in [-0.2, -0.15) is 0 Å². The lowest BCUT2D eigenvalue weighted by molar-refractivity contribution is -0.134. The maximum atomic E-state index is 12.2. The largest absolute Gasteiger partial charge is 0.497 e. The van der Waals surface area contributed by atoms with Gasteiger partial charge in [0.2, 0.25) is 5.90 Å². The van der Waals surface area contributed by atoms with Gasteiger partial charge >= 0.3 is 11.9 Å². The molecule has 0 unspecified atom stereocenters. The molecule has 7 heteroatoms. The van der Waals surface area contributed by atoms with E-state index in [1.807, 2.05) is 6.92 Å². The van der Waals surface area contributed by atoms with E-state index in [0.717, 1.165) is 0 Å². The maximum absolute atomic E-state index is 12.2. The minimum atomic E-state index is -0.548. The summed E-state index contributed by atoms with van der Waals surface area (Å²) in [6, 6.07) is 12.0. The van der Waals surface area contributed by atoms with Crippen molar-refractivity contribution in [3.05, 3.63) is 59.3 Å². The molecule has 0 fully saturated rings. The number of nitrogens with zero attached hydrogens (tertiary/aromatic N) is 1. The van der Waals surface area contributed by atoms with Crippen LogP contribution >= 0.6 is 0 Å². The lowest BCUT2D eigenvalue weighted by atomic mass is 10.1. The molecule has 29 heavy (non-hydrogen) atoms. The molecule has 0 atom stereocenters. The van der Waals surface area contributed by atoms with Crippen LogP contribution in [-0.4, -0.2) is 32.1 Å². The van der Waals surface area contributed by atoms with Gasteiger partial charge in [0.1, 0.15) is 5.75 Å². The van der Waals surface area contributed by atoms with Crippen molar-refractivity contribution in [2.45, 2.75) is 19.8 Å². The number of hydrogen-bond acceptors (Lipinski definition) is 7. The molecule has 0 saturated heterocycles. The van der Waals surface area contributed by atoms with E-state index in [-0.39, 0.29) is 17.6 Å². The van der Waals surface area contributed by atoms with Crippen LogP contribution in [0.5, 0.6) is 17.2 Å². The van der Waals surface area contributed by atoms with Crippen molar-refractivity contribution in [1.29, 1.82) is 0 Å². The second-order valence-corrected chi connectivity index (χ2v) is 6.20. The summed E-state index contributed by atoms with van der Waals surface area (Å²) in [7, 11) is 3.06. The average Bonchev–Trinajstić information content (AvgIpc) is 3.09. The number of carbonyl (C=O) groups excluding carboxylic acids is 2. The molecule has 1 heterocycles. The van der Waals surface area contributed by atoms with Crippen LogP contribution in [0.3, 0.4) is 0 Å². The smallest absolute Gasteiger partial charge is 0.363 e. The molecule has 0 bridgehead atoms. The van der Waals surface area contributed by atoms with Gasteiger partial charge < -0.3 is 18.9 Å². The molecule has 1 aliphatic heterocycles. The second kappa shape index (κ2) is 9.05. The number of ether oxygens (including phenoxy) is 4. The SMILES string of the molecule is CCCC(=O)Oc1ccc(C=C2N=C(c3ccc(OC)cc3)OC2=O)cc1OC. The van der Waals surface area contributed by atoms with Crippen molar-refractivity contribution in [3.63, 3.8) is 0 Å². The molecule has 1 aliphatic rings. The molecule has 3 rings (SSSR count). The van der Waals surface area contributed by atoms with Crippen molar-refractivity contribution in [2.24, 2.45) is 4.99 Å². The molecule has 0 amide bonds. The van der Waals surface area contributed by atoms with Crippen molar-refractivity contribution in [2.75, 3.05) is 14.2 Å². The Bertz CT molecular complexity index is 975. The lowest BCUT2D eigenvalue weighted by Crippen LogP contribution is -2.07. The predicted molar refractivity (Wildman–Crippen MR) is 107 cm³/mol. The summed E-state index contributed by atoms with van der Waals surface area (Å²) in [5.41, 5.74) is 1.48. The minimum Gasteiger partial charge on any atom is -0.497 e. The quantitative estimate of drug-likeness (QED) is 0.403. The Hall–Kier alpha value is -3.61. The molecule has 0 spiro atoms. The fourth-order valence-corrected chi connectivity index (χ4v) is 2.66. The van der Waals surface area contributed by atoms with Crippen molar-refractivity contribution < 1.29 is 28.5 Å². The van der Waals surface area contributed by atoms with Gasteiger partial charge in [0.25, 0.3) is 0 Å². The third kappa shape index (κ3) is 4.82. The van der Waals surface area contributed by atoms with Gasteiger partial charge in [0, 0.05) is 12.0 Å². The summed E-state index contributed by atoms with van der Waals surface area (Å²) in [5, 5.41) is 0. The molecule has 2 aromatic carbocycles. The molecule has 2 aromatic rings. The number of rotatable bonds is 7. The van der Waals surface area contributed by atoms with Crippen molar-refractivity contribution in [3.8, 4) is 17.2 Å². The Kier molecular flexibility index (Phi) is 6.29. The van der Waals surface area contributed by atoms with Crippen LogP contribution in [0.25, 0.3) is 6.08 Å². The highest BCUT2D eigenvalue weighted by atomic mass is 16.6. The number of hydrogen-bond donors (Lipinski definition) is 0. The van der Waals surface area contributed by atoms with Crippen LogP contribution in [0, 0.1) is 0 Å². The molecule has 150 valence electrons. The highest BCUT2D eigenvalue weighted by Gasteiger charge is 2.24. The van der Waals surface area contributed by atoms with E-state index in [2.05, 4.69) is 4.99 Å². The summed E-state index contributed by atoms with van der Waals surface area (Å²) in [6.07, 6.45) is 2.60. The number of aliphatic imine (C=N–C) groups is 1. The standard InChI is InChI=1S/C22H21NO6/c1-4-5-20(24)28-18-11-6-14(13-19(18)27-3)12-17-22(25)29-21(23-17)15-7-9-16(26-2)10-8-15/h6-13H,4-5H2,1-3H3. The van der Waals surface area contributed by atoms with Crippen molar-refractivity contribution >= 4 is 23.9 Å². The minimum absolute atomic E-state index is 0.161. The molecule has 7 nitrogen and oxygen atoms in total. The number of benzene rings is 2. The fraction of sp³-hybridized carbons (Fsp3) is 0.227. The van der Waals surface area contributed by atoms with E-state index < -0.39 is 5.97 Å². The zero-order valence-corrected chi connectivity index (χ0v) is 16.4. The summed E-state index contributed by atoms with van der Waals surface area (Å²) < 4.78 is 21.0. The number of carbonyl (C=O) groups is 2. The first-order valence-electron chi connectivity index (χ1n) is 9.09. The first-order valence-corrected chi connectivity index (χ1v) is 9.09. The summed E-state index contributed by atoms with van der Waals surface area (Å²) in [4.78, 5) is 28.2. The van der Waals surface area contributed by atoms with E-state index in [1.54, 1.807) is 55.7 Å². The summed E-state index contributed by atoms with van der Waals surface area (Å²) in [5.74, 6) is 0.750. The van der Waals surface area contributed by atoms with E-state index in [1.165, 1.54) is 7.11 Å². The zero-order valence-electron chi connectivity index (χ0n) is 16.4. The molecule has 0 N–H and O–H groups in total. The number of cyclic esters (lactones) is 1. The van der Waals surface area contributed by atoms with Gasteiger partial charge in [-0.25, -0.2) is 9.79 Å². The number of methoxy groups -OCH3 is 2. The van der Waals surface area contributed by atoms with Crippen LogP contribution in [0.1, 0.15) is 30.9 Å². The third-order valence-electron chi connectivity index (χ3n) is 4.13. The van der Waals surface area contributed by atoms with Gasteiger partial charge in [0.05, 0.1) is 14.2 Å². The van der Waals surface area contributed by atoms with Gasteiger partial charge in [-0.05, 0) is 54.5 Å². The Balaban J connectivity index is 1.83. The highest BCUT2D eigenvalue weighted by Crippen LogP contribution is 2.30. The van der Waals surface area contributed by atoms with Crippen LogP contribution in [0.4, 0.5) is 0 Å². The van der Waals surface area contributed by atoms with E-state index in [9.17, 15) is 9.59 Å².